The van der Waals surface area contributed by atoms with Crippen molar-refractivity contribution in [3.63, 3.8) is 0 Å². The van der Waals surface area contributed by atoms with Crippen LogP contribution in [0.2, 0.25) is 0 Å². The van der Waals surface area contributed by atoms with Gasteiger partial charge in [-0.25, -0.2) is 4.79 Å². The standard InChI is InChI=1S/C11H17N3O4.ClH/c1-2-5-12-11(18)13-9(15)7-14-6-3-4-8(14)10(16)17;/h2,8H,1,3-7H2,(H,16,17)(H2,12,13,15,18);1H/t8-;/m0./s1. The van der Waals surface area contributed by atoms with Crippen LogP contribution in [0.15, 0.2) is 12.7 Å². The highest BCUT2D eigenvalue weighted by molar-refractivity contribution is 5.95. The van der Waals surface area contributed by atoms with Crippen LogP contribution in [0.25, 0.3) is 0 Å². The molecule has 0 radical (unpaired) electrons. The quantitative estimate of drug-likeness (QED) is 0.618. The Morgan fingerprint density at radius 3 is 2.68 bits per heavy atom. The minimum atomic E-state index is -0.934. The highest BCUT2D eigenvalue weighted by Gasteiger charge is 2.31. The summed E-state index contributed by atoms with van der Waals surface area (Å²) < 4.78 is 0. The highest BCUT2D eigenvalue weighted by Crippen LogP contribution is 2.16. The molecule has 7 nitrogen and oxygen atoms in total. The Balaban J connectivity index is 0.00000324. The number of nitrogens with one attached hydrogen (secondary N) is 2. The molecule has 0 bridgehead atoms. The molecular weight excluding hydrogens is 274 g/mol. The van der Waals surface area contributed by atoms with E-state index in [0.717, 1.165) is 6.42 Å². The maximum absolute atomic E-state index is 11.5. The summed E-state index contributed by atoms with van der Waals surface area (Å²) in [6, 6.07) is -1.24. The topological polar surface area (TPSA) is 98.7 Å². The van der Waals surface area contributed by atoms with E-state index in [9.17, 15) is 14.4 Å². The summed E-state index contributed by atoms with van der Waals surface area (Å²) in [5.74, 6) is -1.44. The predicted octanol–water partition coefficient (Wildman–Crippen LogP) is -0.0310. The summed E-state index contributed by atoms with van der Waals surface area (Å²) in [4.78, 5) is 35.1. The molecule has 0 aromatic rings. The molecule has 0 aromatic heterocycles. The maximum Gasteiger partial charge on any atom is 0.321 e. The van der Waals surface area contributed by atoms with E-state index in [1.165, 1.54) is 6.08 Å². The average molecular weight is 292 g/mol. The molecule has 1 aliphatic heterocycles. The molecule has 0 aromatic carbocycles. The predicted molar refractivity (Wildman–Crippen MR) is 71.2 cm³/mol. The fraction of sp³-hybridized carbons (Fsp3) is 0.545. The van der Waals surface area contributed by atoms with Crippen LogP contribution in [0, 0.1) is 0 Å². The van der Waals surface area contributed by atoms with E-state index in [2.05, 4.69) is 17.2 Å². The number of carboxylic acid groups (broad SMARTS) is 1. The molecule has 1 fully saturated rings. The van der Waals surface area contributed by atoms with Gasteiger partial charge in [0.2, 0.25) is 5.91 Å². The van der Waals surface area contributed by atoms with Crippen LogP contribution in [0.3, 0.4) is 0 Å². The first-order valence-electron chi connectivity index (χ1n) is 5.70. The molecule has 0 spiro atoms. The van der Waals surface area contributed by atoms with E-state index in [-0.39, 0.29) is 25.5 Å². The van der Waals surface area contributed by atoms with Crippen LogP contribution < -0.4 is 10.6 Å². The molecular formula is C11H18ClN3O4. The van der Waals surface area contributed by atoms with Gasteiger partial charge >= 0.3 is 12.0 Å². The van der Waals surface area contributed by atoms with Crippen LogP contribution in [-0.4, -0.2) is 53.6 Å². The van der Waals surface area contributed by atoms with Gasteiger partial charge in [0.15, 0.2) is 0 Å². The lowest BCUT2D eigenvalue weighted by atomic mass is 10.2. The van der Waals surface area contributed by atoms with Crippen LogP contribution in [0.4, 0.5) is 4.79 Å². The van der Waals surface area contributed by atoms with E-state index in [0.29, 0.717) is 13.0 Å². The molecule has 3 amide bonds. The van der Waals surface area contributed by atoms with Gasteiger partial charge in [0.1, 0.15) is 6.04 Å². The zero-order valence-electron chi connectivity index (χ0n) is 10.4. The third kappa shape index (κ3) is 5.71. The number of imide groups is 1. The van der Waals surface area contributed by atoms with Crippen molar-refractivity contribution in [2.24, 2.45) is 0 Å². The number of amides is 3. The van der Waals surface area contributed by atoms with Crippen molar-refractivity contribution >= 4 is 30.3 Å². The number of aliphatic carboxylic acids is 1. The van der Waals surface area contributed by atoms with Gasteiger partial charge in [-0.05, 0) is 19.4 Å². The number of urea groups is 1. The number of halogens is 1. The number of carbonyl (C=O) groups is 3. The molecule has 0 unspecified atom stereocenters. The van der Waals surface area contributed by atoms with Gasteiger partial charge in [-0.1, -0.05) is 6.08 Å². The molecule has 1 atom stereocenters. The molecule has 1 aliphatic rings. The second-order valence-corrected chi connectivity index (χ2v) is 4.01. The number of nitrogens with zero attached hydrogens (tertiary/aromatic N) is 1. The molecule has 1 rings (SSSR count). The van der Waals surface area contributed by atoms with Crippen LogP contribution in [0.5, 0.6) is 0 Å². The lowest BCUT2D eigenvalue weighted by Gasteiger charge is -2.19. The van der Waals surface area contributed by atoms with Gasteiger partial charge in [0.25, 0.3) is 0 Å². The van der Waals surface area contributed by atoms with E-state index in [1.807, 2.05) is 0 Å². The summed E-state index contributed by atoms with van der Waals surface area (Å²) in [5.41, 5.74) is 0. The zero-order chi connectivity index (χ0) is 13.5. The van der Waals surface area contributed by atoms with Crippen molar-refractivity contribution in [3.8, 4) is 0 Å². The summed E-state index contributed by atoms with van der Waals surface area (Å²) >= 11 is 0. The van der Waals surface area contributed by atoms with Crippen molar-refractivity contribution in [1.29, 1.82) is 0 Å². The highest BCUT2D eigenvalue weighted by atomic mass is 35.5. The lowest BCUT2D eigenvalue weighted by molar-refractivity contribution is -0.142. The Labute approximate surface area is 117 Å². The normalized spacial score (nSPS) is 18.2. The van der Waals surface area contributed by atoms with Crippen molar-refractivity contribution in [2.75, 3.05) is 19.6 Å². The maximum atomic E-state index is 11.5. The molecule has 0 saturated carbocycles. The minimum Gasteiger partial charge on any atom is -0.480 e. The Hall–Kier alpha value is -1.60. The van der Waals surface area contributed by atoms with Gasteiger partial charge in [-0.3, -0.25) is 19.8 Å². The number of carbonyl (C=O) groups excluding carboxylic acids is 2. The monoisotopic (exact) mass is 291 g/mol. The van der Waals surface area contributed by atoms with Crippen molar-refractivity contribution in [2.45, 2.75) is 18.9 Å². The molecule has 8 heteroatoms. The molecule has 3 N–H and O–H groups in total. The summed E-state index contributed by atoms with van der Waals surface area (Å²) in [7, 11) is 0. The summed E-state index contributed by atoms with van der Waals surface area (Å²) in [5, 5.41) is 13.5. The smallest absolute Gasteiger partial charge is 0.321 e. The Kier molecular flexibility index (Phi) is 7.78. The Bertz CT molecular complexity index is 362. The van der Waals surface area contributed by atoms with Crippen molar-refractivity contribution in [3.05, 3.63) is 12.7 Å². The molecule has 1 heterocycles. The molecule has 0 aliphatic carbocycles. The number of hydrogen-bond donors (Lipinski definition) is 3. The van der Waals surface area contributed by atoms with Gasteiger partial charge in [0.05, 0.1) is 6.54 Å². The first kappa shape index (κ1) is 17.4. The van der Waals surface area contributed by atoms with Crippen LogP contribution >= 0.6 is 12.4 Å². The fourth-order valence-electron chi connectivity index (χ4n) is 1.85. The van der Waals surface area contributed by atoms with Crippen LogP contribution in [0.1, 0.15) is 12.8 Å². The van der Waals surface area contributed by atoms with Crippen molar-refractivity contribution < 1.29 is 19.5 Å². The largest absolute Gasteiger partial charge is 0.480 e. The lowest BCUT2D eigenvalue weighted by Crippen LogP contribution is -2.47. The second-order valence-electron chi connectivity index (χ2n) is 4.01. The van der Waals surface area contributed by atoms with E-state index in [1.54, 1.807) is 4.90 Å². The van der Waals surface area contributed by atoms with Gasteiger partial charge in [-0.2, -0.15) is 0 Å². The third-order valence-corrected chi connectivity index (χ3v) is 2.66. The molecule has 1 saturated heterocycles. The van der Waals surface area contributed by atoms with E-state index >= 15 is 0 Å². The first-order chi connectivity index (χ1) is 8.54. The third-order valence-electron chi connectivity index (χ3n) is 2.66. The Morgan fingerprint density at radius 2 is 2.11 bits per heavy atom. The SMILES string of the molecule is C=CCNC(=O)NC(=O)CN1CCC[C@H]1C(=O)O.Cl. The number of likely N-dealkylation sites (tertiary alicyclic amines) is 1. The number of rotatable bonds is 5. The van der Waals surface area contributed by atoms with E-state index < -0.39 is 23.9 Å². The fourth-order valence-corrected chi connectivity index (χ4v) is 1.85. The van der Waals surface area contributed by atoms with Gasteiger partial charge < -0.3 is 10.4 Å². The molecule has 19 heavy (non-hydrogen) atoms. The van der Waals surface area contributed by atoms with Crippen molar-refractivity contribution in [1.82, 2.24) is 15.5 Å². The summed E-state index contributed by atoms with van der Waals surface area (Å²) in [6.07, 6.45) is 2.77. The molecule has 108 valence electrons. The second kappa shape index (κ2) is 8.49. The number of hydrogen-bond acceptors (Lipinski definition) is 4. The average Bonchev–Trinajstić information content (AvgIpc) is 2.74. The van der Waals surface area contributed by atoms with Gasteiger partial charge in [-0.15, -0.1) is 19.0 Å². The zero-order valence-corrected chi connectivity index (χ0v) is 11.2. The first-order valence-corrected chi connectivity index (χ1v) is 5.70. The summed E-state index contributed by atoms with van der Waals surface area (Å²) in [6.45, 7) is 4.16. The van der Waals surface area contributed by atoms with Gasteiger partial charge in [0, 0.05) is 6.54 Å². The van der Waals surface area contributed by atoms with Crippen LogP contribution in [-0.2, 0) is 9.59 Å². The van der Waals surface area contributed by atoms with E-state index in [4.69, 9.17) is 5.11 Å². The Morgan fingerprint density at radius 1 is 1.42 bits per heavy atom. The minimum absolute atomic E-state index is 0. The number of carboxylic acids is 1.